The van der Waals surface area contributed by atoms with E-state index >= 15 is 0 Å². The third kappa shape index (κ3) is 2.47. The fourth-order valence-electron chi connectivity index (χ4n) is 3.95. The summed E-state index contributed by atoms with van der Waals surface area (Å²) in [5.74, 6) is -0.428. The highest BCUT2D eigenvalue weighted by Crippen LogP contribution is 2.43. The van der Waals surface area contributed by atoms with Gasteiger partial charge in [0.05, 0.1) is 11.2 Å². The van der Waals surface area contributed by atoms with Gasteiger partial charge in [-0.15, -0.1) is 0 Å². The zero-order valence-electron chi connectivity index (χ0n) is 14.3. The number of halogens is 2. The van der Waals surface area contributed by atoms with Gasteiger partial charge in [-0.2, -0.15) is 5.26 Å². The van der Waals surface area contributed by atoms with E-state index in [1.54, 1.807) is 22.7 Å². The molecule has 1 unspecified atom stereocenters. The number of benzene rings is 1. The highest BCUT2D eigenvalue weighted by Gasteiger charge is 2.37. The molecule has 1 saturated heterocycles. The van der Waals surface area contributed by atoms with Gasteiger partial charge < -0.3 is 9.80 Å². The van der Waals surface area contributed by atoms with E-state index in [0.29, 0.717) is 5.69 Å². The molecule has 0 radical (unpaired) electrons. The molecule has 5 nitrogen and oxygen atoms in total. The van der Waals surface area contributed by atoms with Crippen LogP contribution in [0, 0.1) is 17.1 Å². The van der Waals surface area contributed by atoms with Crippen molar-refractivity contribution in [2.24, 2.45) is 0 Å². The molecule has 0 aliphatic carbocycles. The summed E-state index contributed by atoms with van der Waals surface area (Å²) in [7, 11) is 0. The molecule has 2 aliphatic heterocycles. The molecular weight excluding hydrogens is 365 g/mol. The Morgan fingerprint density at radius 3 is 2.96 bits per heavy atom. The maximum Gasteiger partial charge on any atom is 0.144 e. The van der Waals surface area contributed by atoms with Crippen LogP contribution in [0.25, 0.3) is 5.65 Å². The van der Waals surface area contributed by atoms with Crippen LogP contribution in [-0.2, 0) is 0 Å². The summed E-state index contributed by atoms with van der Waals surface area (Å²) in [6.45, 7) is 0.953. The van der Waals surface area contributed by atoms with Crippen molar-refractivity contribution in [3.8, 4) is 6.07 Å². The Morgan fingerprint density at radius 1 is 1.26 bits per heavy atom. The molecule has 1 atom stereocenters. The number of hydrogen-bond donors (Lipinski definition) is 0. The van der Waals surface area contributed by atoms with Crippen molar-refractivity contribution >= 4 is 22.9 Å². The molecule has 0 N–H and O–H groups in total. The summed E-state index contributed by atoms with van der Waals surface area (Å²) in [6, 6.07) is 10.9. The molecule has 0 spiro atoms. The predicted octanol–water partition coefficient (Wildman–Crippen LogP) is 4.45. The standard InChI is InChI=1S/C20H15ClFN5/c21-17-8-14(4-5-18(17)22)27-12-15-2-1-7-25(15)20(27)13-3-6-19-24-10-16(9-23)26(19)11-13/h3-6,8,10-12,20H,1-2,7H2. The first-order valence-corrected chi connectivity index (χ1v) is 9.11. The Balaban J connectivity index is 1.64. The summed E-state index contributed by atoms with van der Waals surface area (Å²) in [4.78, 5) is 8.73. The smallest absolute Gasteiger partial charge is 0.144 e. The molecule has 7 heteroatoms. The van der Waals surface area contributed by atoms with E-state index < -0.39 is 5.82 Å². The van der Waals surface area contributed by atoms with Crippen molar-refractivity contribution in [1.82, 2.24) is 14.3 Å². The summed E-state index contributed by atoms with van der Waals surface area (Å²) in [5, 5.41) is 9.43. The molecule has 0 bridgehead atoms. The Bertz CT molecular complexity index is 1130. The molecule has 5 rings (SSSR count). The lowest BCUT2D eigenvalue weighted by atomic mass is 10.1. The first-order valence-electron chi connectivity index (χ1n) is 8.73. The monoisotopic (exact) mass is 379 g/mol. The van der Waals surface area contributed by atoms with Crippen molar-refractivity contribution in [2.45, 2.75) is 19.0 Å². The SMILES string of the molecule is N#Cc1cnc2ccc(C3N4CCCC4=CN3c3ccc(F)c(Cl)c3)cn12. The molecule has 4 heterocycles. The molecule has 0 saturated carbocycles. The highest BCUT2D eigenvalue weighted by molar-refractivity contribution is 6.31. The largest absolute Gasteiger partial charge is 0.349 e. The average Bonchev–Trinajstić information content (AvgIpc) is 3.36. The first kappa shape index (κ1) is 16.2. The molecule has 1 aromatic carbocycles. The molecule has 27 heavy (non-hydrogen) atoms. The number of hydrogen-bond acceptors (Lipinski definition) is 4. The minimum absolute atomic E-state index is 0.0672. The van der Waals surface area contributed by atoms with Crippen LogP contribution in [0.5, 0.6) is 0 Å². The lowest BCUT2D eigenvalue weighted by molar-refractivity contribution is 0.318. The predicted molar refractivity (Wildman–Crippen MR) is 101 cm³/mol. The first-order chi connectivity index (χ1) is 13.2. The van der Waals surface area contributed by atoms with Gasteiger partial charge in [-0.1, -0.05) is 11.6 Å². The molecule has 2 aromatic heterocycles. The molecule has 0 amide bonds. The minimum atomic E-state index is -0.428. The Labute approximate surface area is 160 Å². The number of aromatic nitrogens is 2. The van der Waals surface area contributed by atoms with E-state index in [4.69, 9.17) is 11.6 Å². The lowest BCUT2D eigenvalue weighted by Crippen LogP contribution is -2.30. The van der Waals surface area contributed by atoms with Crippen LogP contribution in [0.2, 0.25) is 5.02 Å². The summed E-state index contributed by atoms with van der Waals surface area (Å²) in [5.41, 5.74) is 4.35. The summed E-state index contributed by atoms with van der Waals surface area (Å²) < 4.78 is 15.4. The van der Waals surface area contributed by atoms with Gasteiger partial charge in [0, 0.05) is 35.9 Å². The van der Waals surface area contributed by atoms with Crippen molar-refractivity contribution in [1.29, 1.82) is 5.26 Å². The van der Waals surface area contributed by atoms with Crippen LogP contribution in [0.15, 0.2) is 54.6 Å². The van der Waals surface area contributed by atoms with E-state index in [0.717, 1.165) is 36.3 Å². The molecule has 1 fully saturated rings. The maximum atomic E-state index is 13.6. The Morgan fingerprint density at radius 2 is 2.15 bits per heavy atom. The quantitative estimate of drug-likeness (QED) is 0.659. The van der Waals surface area contributed by atoms with E-state index in [1.807, 2.05) is 18.3 Å². The summed E-state index contributed by atoms with van der Waals surface area (Å²) in [6.07, 6.45) is 7.70. The topological polar surface area (TPSA) is 47.6 Å². The number of imidazole rings is 1. The van der Waals surface area contributed by atoms with Gasteiger partial charge in [0.1, 0.15) is 29.4 Å². The van der Waals surface area contributed by atoms with Crippen LogP contribution in [-0.4, -0.2) is 20.8 Å². The lowest BCUT2D eigenvalue weighted by Gasteiger charge is -2.32. The van der Waals surface area contributed by atoms with Gasteiger partial charge in [0.25, 0.3) is 0 Å². The Kier molecular flexibility index (Phi) is 3.59. The number of anilines is 1. The number of pyridine rings is 1. The van der Waals surface area contributed by atoms with Gasteiger partial charge in [-0.3, -0.25) is 4.40 Å². The van der Waals surface area contributed by atoms with Gasteiger partial charge in [0.2, 0.25) is 0 Å². The van der Waals surface area contributed by atoms with E-state index in [9.17, 15) is 9.65 Å². The van der Waals surface area contributed by atoms with Gasteiger partial charge in [0.15, 0.2) is 0 Å². The van der Waals surface area contributed by atoms with Crippen LogP contribution >= 0.6 is 11.6 Å². The number of allylic oxidation sites excluding steroid dienone is 1. The van der Waals surface area contributed by atoms with E-state index in [-0.39, 0.29) is 11.2 Å². The second-order valence-electron chi connectivity index (χ2n) is 6.74. The highest BCUT2D eigenvalue weighted by atomic mass is 35.5. The Hall–Kier alpha value is -3.04. The second kappa shape index (κ2) is 6.00. The molecule has 3 aromatic rings. The number of rotatable bonds is 2. The molecule has 2 aliphatic rings. The van der Waals surface area contributed by atoms with Crippen LogP contribution in [0.4, 0.5) is 10.1 Å². The van der Waals surface area contributed by atoms with Crippen LogP contribution in [0.3, 0.4) is 0 Å². The fourth-order valence-corrected chi connectivity index (χ4v) is 4.13. The van der Waals surface area contributed by atoms with Gasteiger partial charge in [-0.25, -0.2) is 9.37 Å². The third-order valence-corrected chi connectivity index (χ3v) is 5.48. The van der Waals surface area contributed by atoms with Crippen molar-refractivity contribution in [2.75, 3.05) is 11.4 Å². The van der Waals surface area contributed by atoms with Crippen molar-refractivity contribution < 1.29 is 4.39 Å². The van der Waals surface area contributed by atoms with Crippen LogP contribution < -0.4 is 4.90 Å². The third-order valence-electron chi connectivity index (χ3n) is 5.19. The normalized spacial score (nSPS) is 18.7. The number of fused-ring (bicyclic) bond motifs is 2. The minimum Gasteiger partial charge on any atom is -0.349 e. The van der Waals surface area contributed by atoms with E-state index in [1.165, 1.54) is 11.8 Å². The summed E-state index contributed by atoms with van der Waals surface area (Å²) >= 11 is 6.03. The van der Waals surface area contributed by atoms with Crippen molar-refractivity contribution in [3.63, 3.8) is 0 Å². The zero-order chi connectivity index (χ0) is 18.5. The average molecular weight is 380 g/mol. The number of nitriles is 1. The van der Waals surface area contributed by atoms with Gasteiger partial charge in [-0.05, 0) is 43.2 Å². The molecular formula is C20H15ClFN5. The second-order valence-corrected chi connectivity index (χ2v) is 7.15. The van der Waals surface area contributed by atoms with Crippen molar-refractivity contribution in [3.05, 3.63) is 76.7 Å². The maximum absolute atomic E-state index is 13.6. The van der Waals surface area contributed by atoms with E-state index in [2.05, 4.69) is 27.1 Å². The zero-order valence-corrected chi connectivity index (χ0v) is 15.1. The van der Waals surface area contributed by atoms with Gasteiger partial charge >= 0.3 is 0 Å². The number of nitrogens with zero attached hydrogens (tertiary/aromatic N) is 5. The molecule has 134 valence electrons. The fraction of sp³-hybridized carbons (Fsp3) is 0.200. The van der Waals surface area contributed by atoms with Crippen LogP contribution in [0.1, 0.15) is 30.3 Å².